The molecule has 6 heteroatoms. The van der Waals surface area contributed by atoms with Crippen molar-refractivity contribution in [2.24, 2.45) is 0 Å². The van der Waals surface area contributed by atoms with Gasteiger partial charge in [0.25, 0.3) is 0 Å². The summed E-state index contributed by atoms with van der Waals surface area (Å²) >= 11 is 11.1. The predicted molar refractivity (Wildman–Crippen MR) is 39.4 cm³/mol. The van der Waals surface area contributed by atoms with E-state index in [4.69, 9.17) is 23.2 Å². The van der Waals surface area contributed by atoms with Crippen LogP contribution in [-0.4, -0.2) is 22.5 Å². The van der Waals surface area contributed by atoms with E-state index in [1.807, 2.05) is 0 Å². The number of halogens is 2. The maximum atomic E-state index is 5.63. The molecule has 0 aliphatic carbocycles. The van der Waals surface area contributed by atoms with Gasteiger partial charge in [0, 0.05) is 7.05 Å². The second-order valence-corrected chi connectivity index (χ2v) is 2.23. The zero-order chi connectivity index (χ0) is 7.56. The van der Waals surface area contributed by atoms with Gasteiger partial charge in [-0.3, -0.25) is 0 Å². The van der Waals surface area contributed by atoms with E-state index in [0.29, 0.717) is 10.8 Å². The molecule has 0 fully saturated rings. The third-order valence-electron chi connectivity index (χ3n) is 0.903. The standard InChI is InChI=1S/C4H4Cl2N4/c1-7-4-2(5)3(6)8-10-9-4/h1H3,(H,7,8,9). The summed E-state index contributed by atoms with van der Waals surface area (Å²) in [5.41, 5.74) is 0. The van der Waals surface area contributed by atoms with E-state index >= 15 is 0 Å². The van der Waals surface area contributed by atoms with E-state index in [1.54, 1.807) is 7.05 Å². The van der Waals surface area contributed by atoms with Crippen LogP contribution in [0.3, 0.4) is 0 Å². The van der Waals surface area contributed by atoms with Gasteiger partial charge in [-0.15, -0.1) is 10.2 Å². The van der Waals surface area contributed by atoms with E-state index in [2.05, 4.69) is 20.7 Å². The van der Waals surface area contributed by atoms with Gasteiger partial charge in [0.2, 0.25) is 0 Å². The Kier molecular flexibility index (Phi) is 2.24. The SMILES string of the molecule is CNc1nnnc(Cl)c1Cl. The zero-order valence-electron chi connectivity index (χ0n) is 5.10. The monoisotopic (exact) mass is 178 g/mol. The summed E-state index contributed by atoms with van der Waals surface area (Å²) in [5.74, 6) is 0.432. The highest BCUT2D eigenvalue weighted by Gasteiger charge is 2.04. The highest BCUT2D eigenvalue weighted by molar-refractivity contribution is 6.42. The van der Waals surface area contributed by atoms with Crippen LogP contribution in [0.25, 0.3) is 0 Å². The lowest BCUT2D eigenvalue weighted by Gasteiger charge is -1.98. The van der Waals surface area contributed by atoms with Crippen molar-refractivity contribution in [3.05, 3.63) is 10.2 Å². The van der Waals surface area contributed by atoms with E-state index in [-0.39, 0.29) is 5.15 Å². The normalized spacial score (nSPS) is 9.50. The summed E-state index contributed by atoms with van der Waals surface area (Å²) in [4.78, 5) is 0. The van der Waals surface area contributed by atoms with Gasteiger partial charge in [-0.2, -0.15) is 0 Å². The first-order chi connectivity index (χ1) is 4.75. The summed E-state index contributed by atoms with van der Waals surface area (Å²) in [6.45, 7) is 0. The molecule has 0 unspecified atom stereocenters. The number of aromatic nitrogens is 3. The predicted octanol–water partition coefficient (Wildman–Crippen LogP) is 1.22. The topological polar surface area (TPSA) is 50.7 Å². The van der Waals surface area contributed by atoms with E-state index in [9.17, 15) is 0 Å². The fourth-order valence-corrected chi connectivity index (χ4v) is 0.745. The third kappa shape index (κ3) is 1.27. The molecule has 4 nitrogen and oxygen atoms in total. The summed E-state index contributed by atoms with van der Waals surface area (Å²) in [6.07, 6.45) is 0. The first kappa shape index (κ1) is 7.50. The molecule has 0 atom stereocenters. The van der Waals surface area contributed by atoms with Crippen LogP contribution in [0.5, 0.6) is 0 Å². The summed E-state index contributed by atoms with van der Waals surface area (Å²) < 4.78 is 0. The van der Waals surface area contributed by atoms with E-state index < -0.39 is 0 Å². The van der Waals surface area contributed by atoms with Crippen LogP contribution >= 0.6 is 23.2 Å². The van der Waals surface area contributed by atoms with Gasteiger partial charge in [-0.25, -0.2) is 0 Å². The van der Waals surface area contributed by atoms with Crippen LogP contribution in [0, 0.1) is 0 Å². The lowest BCUT2D eigenvalue weighted by atomic mass is 10.6. The Morgan fingerprint density at radius 2 is 2.00 bits per heavy atom. The molecular weight excluding hydrogens is 175 g/mol. The third-order valence-corrected chi connectivity index (χ3v) is 1.62. The highest BCUT2D eigenvalue weighted by atomic mass is 35.5. The highest BCUT2D eigenvalue weighted by Crippen LogP contribution is 2.23. The van der Waals surface area contributed by atoms with Gasteiger partial charge in [0.05, 0.1) is 0 Å². The van der Waals surface area contributed by atoms with Crippen LogP contribution in [0.2, 0.25) is 10.2 Å². The Morgan fingerprint density at radius 3 is 2.50 bits per heavy atom. The van der Waals surface area contributed by atoms with Crippen molar-refractivity contribution >= 4 is 29.0 Å². The van der Waals surface area contributed by atoms with Gasteiger partial charge in [0.1, 0.15) is 5.02 Å². The molecule has 1 aromatic rings. The molecule has 1 N–H and O–H groups in total. The van der Waals surface area contributed by atoms with Crippen molar-refractivity contribution in [1.29, 1.82) is 0 Å². The second-order valence-electron chi connectivity index (χ2n) is 1.49. The largest absolute Gasteiger partial charge is 0.370 e. The summed E-state index contributed by atoms with van der Waals surface area (Å²) in [6, 6.07) is 0. The fourth-order valence-electron chi connectivity index (χ4n) is 0.452. The van der Waals surface area contributed by atoms with Crippen molar-refractivity contribution in [1.82, 2.24) is 15.4 Å². The zero-order valence-corrected chi connectivity index (χ0v) is 6.61. The molecule has 54 valence electrons. The van der Waals surface area contributed by atoms with Gasteiger partial charge >= 0.3 is 0 Å². The summed E-state index contributed by atoms with van der Waals surface area (Å²) in [7, 11) is 1.67. The van der Waals surface area contributed by atoms with Gasteiger partial charge < -0.3 is 5.32 Å². The fraction of sp³-hybridized carbons (Fsp3) is 0.250. The molecule has 1 rings (SSSR count). The van der Waals surface area contributed by atoms with Crippen molar-refractivity contribution in [2.45, 2.75) is 0 Å². The van der Waals surface area contributed by atoms with Crippen LogP contribution < -0.4 is 5.32 Å². The molecule has 10 heavy (non-hydrogen) atoms. The maximum absolute atomic E-state index is 5.63. The molecule has 0 saturated heterocycles. The van der Waals surface area contributed by atoms with Crippen molar-refractivity contribution in [2.75, 3.05) is 12.4 Å². The van der Waals surface area contributed by atoms with Crippen LogP contribution in [-0.2, 0) is 0 Å². The lowest BCUT2D eigenvalue weighted by molar-refractivity contribution is 0.869. The number of anilines is 1. The minimum atomic E-state index is 0.154. The Bertz CT molecular complexity index is 239. The van der Waals surface area contributed by atoms with Gasteiger partial charge in [-0.05, 0) is 5.21 Å². The average molecular weight is 179 g/mol. The average Bonchev–Trinajstić information content (AvgIpc) is 1.95. The number of nitrogens with one attached hydrogen (secondary N) is 1. The summed E-state index contributed by atoms with van der Waals surface area (Å²) in [5, 5.41) is 13.5. The Balaban J connectivity index is 3.14. The van der Waals surface area contributed by atoms with Gasteiger partial charge in [0.15, 0.2) is 11.0 Å². The Hall–Kier alpha value is -0.610. The van der Waals surface area contributed by atoms with E-state index in [0.717, 1.165) is 0 Å². The van der Waals surface area contributed by atoms with Crippen LogP contribution in [0.15, 0.2) is 0 Å². The van der Waals surface area contributed by atoms with E-state index in [1.165, 1.54) is 0 Å². The quantitative estimate of drug-likeness (QED) is 0.703. The van der Waals surface area contributed by atoms with Crippen molar-refractivity contribution in [3.63, 3.8) is 0 Å². The molecule has 0 spiro atoms. The Morgan fingerprint density at radius 1 is 1.30 bits per heavy atom. The molecule has 0 radical (unpaired) electrons. The molecule has 0 aromatic carbocycles. The number of hydrogen-bond donors (Lipinski definition) is 1. The maximum Gasteiger partial charge on any atom is 0.175 e. The van der Waals surface area contributed by atoms with Crippen molar-refractivity contribution < 1.29 is 0 Å². The first-order valence-corrected chi connectivity index (χ1v) is 3.23. The number of rotatable bonds is 1. The van der Waals surface area contributed by atoms with Crippen LogP contribution in [0.4, 0.5) is 5.82 Å². The minimum Gasteiger partial charge on any atom is -0.370 e. The lowest BCUT2D eigenvalue weighted by Crippen LogP contribution is -1.97. The molecule has 0 bridgehead atoms. The number of nitrogens with zero attached hydrogens (tertiary/aromatic N) is 3. The smallest absolute Gasteiger partial charge is 0.175 e. The number of hydrogen-bond acceptors (Lipinski definition) is 4. The molecule has 0 aliphatic heterocycles. The minimum absolute atomic E-state index is 0.154. The molecule has 1 heterocycles. The van der Waals surface area contributed by atoms with Crippen molar-refractivity contribution in [3.8, 4) is 0 Å². The molecular formula is C4H4Cl2N4. The first-order valence-electron chi connectivity index (χ1n) is 2.48. The Labute approximate surface area is 67.5 Å². The molecule has 1 aromatic heterocycles. The molecule has 0 amide bonds. The molecule has 0 aliphatic rings. The van der Waals surface area contributed by atoms with Crippen LogP contribution in [0.1, 0.15) is 0 Å². The van der Waals surface area contributed by atoms with Gasteiger partial charge in [-0.1, -0.05) is 23.2 Å². The molecule has 0 saturated carbocycles. The second kappa shape index (κ2) is 2.98.